The van der Waals surface area contributed by atoms with Crippen LogP contribution in [0.1, 0.15) is 31.2 Å². The predicted octanol–water partition coefficient (Wildman–Crippen LogP) is 3.69. The Morgan fingerprint density at radius 1 is 1.25 bits per heavy atom. The smallest absolute Gasteiger partial charge is 0.325 e. The van der Waals surface area contributed by atoms with E-state index in [2.05, 4.69) is 29.4 Å². The Hall–Kier alpha value is -2.03. The summed E-state index contributed by atoms with van der Waals surface area (Å²) in [4.78, 5) is 11.9. The minimum atomic E-state index is -4.57. The molecule has 0 fully saturated rings. The fourth-order valence-electron chi connectivity index (χ4n) is 1.97. The van der Waals surface area contributed by atoms with Crippen molar-refractivity contribution in [2.45, 2.75) is 31.1 Å². The van der Waals surface area contributed by atoms with Gasteiger partial charge in [-0.3, -0.25) is 4.79 Å². The number of nitrogens with one attached hydrogen (secondary N) is 1. The number of hydrogen-bond acceptors (Lipinski definition) is 4. The Morgan fingerprint density at radius 2 is 1.88 bits per heavy atom. The minimum absolute atomic E-state index is 0.0348. The van der Waals surface area contributed by atoms with Crippen LogP contribution in [0.2, 0.25) is 0 Å². The summed E-state index contributed by atoms with van der Waals surface area (Å²) in [6.07, 6.45) is -4.57. The van der Waals surface area contributed by atoms with Gasteiger partial charge < -0.3 is 9.88 Å². The Labute approximate surface area is 141 Å². The molecular weight excluding hydrogens is 341 g/mol. The van der Waals surface area contributed by atoms with Crippen molar-refractivity contribution in [1.29, 1.82) is 0 Å². The van der Waals surface area contributed by atoms with Gasteiger partial charge in [0.25, 0.3) is 0 Å². The molecule has 1 aromatic heterocycles. The molecule has 1 N–H and O–H groups in total. The predicted molar refractivity (Wildman–Crippen MR) is 85.9 cm³/mol. The van der Waals surface area contributed by atoms with Crippen LogP contribution in [-0.4, -0.2) is 26.4 Å². The zero-order valence-electron chi connectivity index (χ0n) is 13.4. The lowest BCUT2D eigenvalue weighted by Gasteiger charge is -2.08. The van der Waals surface area contributed by atoms with Gasteiger partial charge in [0.05, 0.1) is 5.75 Å². The molecule has 2 rings (SSSR count). The lowest BCUT2D eigenvalue weighted by atomic mass is 10.0. The number of alkyl halides is 3. The summed E-state index contributed by atoms with van der Waals surface area (Å²) in [6, 6.07) is 7.43. The molecule has 0 aliphatic heterocycles. The number of halogens is 3. The first-order valence-corrected chi connectivity index (χ1v) is 8.16. The van der Waals surface area contributed by atoms with Crippen molar-refractivity contribution in [2.24, 2.45) is 7.05 Å². The van der Waals surface area contributed by atoms with Gasteiger partial charge in [0.15, 0.2) is 5.16 Å². The van der Waals surface area contributed by atoms with Crippen LogP contribution in [0.15, 0.2) is 29.4 Å². The minimum Gasteiger partial charge on any atom is -0.325 e. The van der Waals surface area contributed by atoms with Crippen LogP contribution in [0.4, 0.5) is 18.9 Å². The van der Waals surface area contributed by atoms with Gasteiger partial charge in [-0.25, -0.2) is 0 Å². The van der Waals surface area contributed by atoms with Gasteiger partial charge in [-0.05, 0) is 23.6 Å². The van der Waals surface area contributed by atoms with Crippen molar-refractivity contribution in [3.8, 4) is 0 Å². The van der Waals surface area contributed by atoms with Gasteiger partial charge in [0.2, 0.25) is 11.7 Å². The van der Waals surface area contributed by atoms with E-state index in [-0.39, 0.29) is 16.8 Å². The number of carbonyl (C=O) groups excluding carboxylic acids is 1. The third-order valence-corrected chi connectivity index (χ3v) is 4.30. The summed E-state index contributed by atoms with van der Waals surface area (Å²) < 4.78 is 38.7. The van der Waals surface area contributed by atoms with Gasteiger partial charge >= 0.3 is 6.18 Å². The lowest BCUT2D eigenvalue weighted by Crippen LogP contribution is -2.15. The molecule has 0 saturated heterocycles. The average molecular weight is 358 g/mol. The average Bonchev–Trinajstić information content (AvgIpc) is 2.86. The first kappa shape index (κ1) is 18.3. The second-order valence-electron chi connectivity index (χ2n) is 5.48. The van der Waals surface area contributed by atoms with Gasteiger partial charge in [0.1, 0.15) is 0 Å². The molecular formula is C15H17F3N4OS. The van der Waals surface area contributed by atoms with Crippen LogP contribution in [0.3, 0.4) is 0 Å². The highest BCUT2D eigenvalue weighted by Gasteiger charge is 2.37. The van der Waals surface area contributed by atoms with Gasteiger partial charge in [-0.1, -0.05) is 37.7 Å². The van der Waals surface area contributed by atoms with Crippen LogP contribution >= 0.6 is 11.8 Å². The molecule has 0 saturated carbocycles. The number of amides is 1. The van der Waals surface area contributed by atoms with E-state index >= 15 is 0 Å². The molecule has 0 spiro atoms. The highest BCUT2D eigenvalue weighted by molar-refractivity contribution is 7.99. The zero-order chi connectivity index (χ0) is 17.9. The first-order valence-electron chi connectivity index (χ1n) is 7.17. The normalized spacial score (nSPS) is 11.8. The Bertz CT molecular complexity index is 710. The van der Waals surface area contributed by atoms with Crippen molar-refractivity contribution in [1.82, 2.24) is 14.8 Å². The van der Waals surface area contributed by atoms with Crippen molar-refractivity contribution in [3.63, 3.8) is 0 Å². The Balaban J connectivity index is 1.93. The second-order valence-corrected chi connectivity index (χ2v) is 6.42. The summed E-state index contributed by atoms with van der Waals surface area (Å²) in [5.41, 5.74) is 1.79. The number of aromatic nitrogens is 3. The van der Waals surface area contributed by atoms with E-state index in [1.807, 2.05) is 12.1 Å². The zero-order valence-corrected chi connectivity index (χ0v) is 14.2. The van der Waals surface area contributed by atoms with E-state index in [4.69, 9.17) is 0 Å². The molecule has 0 unspecified atom stereocenters. The molecule has 24 heavy (non-hydrogen) atoms. The van der Waals surface area contributed by atoms with Gasteiger partial charge in [-0.2, -0.15) is 13.2 Å². The first-order chi connectivity index (χ1) is 11.2. The molecule has 9 heteroatoms. The molecule has 0 aliphatic rings. The summed E-state index contributed by atoms with van der Waals surface area (Å²) in [6.45, 7) is 4.14. The van der Waals surface area contributed by atoms with Crippen molar-refractivity contribution >= 4 is 23.4 Å². The highest BCUT2D eigenvalue weighted by Crippen LogP contribution is 2.29. The van der Waals surface area contributed by atoms with Crippen molar-refractivity contribution < 1.29 is 18.0 Å². The van der Waals surface area contributed by atoms with E-state index in [1.165, 1.54) is 7.05 Å². The third-order valence-electron chi connectivity index (χ3n) is 3.28. The SMILES string of the molecule is CC(C)c1ccc(NC(=O)CSc2nnc(C(F)(F)F)n2C)cc1. The van der Waals surface area contributed by atoms with Crippen LogP contribution < -0.4 is 5.32 Å². The van der Waals surface area contributed by atoms with Gasteiger partial charge in [0, 0.05) is 12.7 Å². The monoisotopic (exact) mass is 358 g/mol. The van der Waals surface area contributed by atoms with Crippen LogP contribution in [0.5, 0.6) is 0 Å². The fourth-order valence-corrected chi connectivity index (χ4v) is 2.68. The third kappa shape index (κ3) is 4.50. The summed E-state index contributed by atoms with van der Waals surface area (Å²) in [5.74, 6) is -1.08. The van der Waals surface area contributed by atoms with Crippen LogP contribution in [0, 0.1) is 0 Å². The largest absolute Gasteiger partial charge is 0.451 e. The maximum absolute atomic E-state index is 12.6. The standard InChI is InChI=1S/C15H17F3N4OS/c1-9(2)10-4-6-11(7-5-10)19-12(23)8-24-14-21-20-13(22(14)3)15(16,17)18/h4-7,9H,8H2,1-3H3,(H,19,23). The Kier molecular flexibility index (Phi) is 5.53. The molecule has 0 atom stereocenters. The number of rotatable bonds is 5. The molecule has 0 aliphatic carbocycles. The number of anilines is 1. The molecule has 0 radical (unpaired) electrons. The van der Waals surface area contributed by atoms with E-state index < -0.39 is 12.0 Å². The number of nitrogens with zero attached hydrogens (tertiary/aromatic N) is 3. The summed E-state index contributed by atoms with van der Waals surface area (Å²) in [7, 11) is 1.22. The van der Waals surface area contributed by atoms with Gasteiger partial charge in [-0.15, -0.1) is 10.2 Å². The van der Waals surface area contributed by atoms with Crippen molar-refractivity contribution in [2.75, 3.05) is 11.1 Å². The van der Waals surface area contributed by atoms with Crippen molar-refractivity contribution in [3.05, 3.63) is 35.7 Å². The van der Waals surface area contributed by atoms with E-state index in [9.17, 15) is 18.0 Å². The van der Waals surface area contributed by atoms with Crippen LogP contribution in [-0.2, 0) is 18.0 Å². The molecule has 2 aromatic rings. The molecule has 5 nitrogen and oxygen atoms in total. The number of carbonyl (C=O) groups is 1. The molecule has 0 bridgehead atoms. The van der Waals surface area contributed by atoms with E-state index in [0.29, 0.717) is 11.6 Å². The summed E-state index contributed by atoms with van der Waals surface area (Å²) in [5, 5.41) is 9.31. The molecule has 1 aromatic carbocycles. The van der Waals surface area contributed by atoms with E-state index in [1.54, 1.807) is 12.1 Å². The summed E-state index contributed by atoms with van der Waals surface area (Å²) >= 11 is 0.897. The number of benzene rings is 1. The second kappa shape index (κ2) is 7.25. The van der Waals surface area contributed by atoms with E-state index in [0.717, 1.165) is 21.9 Å². The number of hydrogen-bond donors (Lipinski definition) is 1. The Morgan fingerprint density at radius 3 is 2.38 bits per heavy atom. The highest BCUT2D eigenvalue weighted by atomic mass is 32.2. The van der Waals surface area contributed by atoms with Crippen LogP contribution in [0.25, 0.3) is 0 Å². The fraction of sp³-hybridized carbons (Fsp3) is 0.400. The maximum Gasteiger partial charge on any atom is 0.451 e. The maximum atomic E-state index is 12.6. The molecule has 1 heterocycles. The number of thioether (sulfide) groups is 1. The quantitative estimate of drug-likeness (QED) is 0.828. The molecule has 1 amide bonds. The lowest BCUT2D eigenvalue weighted by molar-refractivity contribution is -0.147. The molecule has 130 valence electrons. The topological polar surface area (TPSA) is 59.8 Å².